The van der Waals surface area contributed by atoms with Crippen molar-refractivity contribution in [2.24, 2.45) is 5.10 Å². The van der Waals surface area contributed by atoms with Crippen LogP contribution in [0, 0.1) is 0 Å². The van der Waals surface area contributed by atoms with Crippen LogP contribution < -0.4 is 14.2 Å². The molecule has 30 heavy (non-hydrogen) atoms. The number of hydrogen-bond donors (Lipinski definition) is 0. The lowest BCUT2D eigenvalue weighted by Crippen LogP contribution is -2.33. The molecule has 0 N–H and O–H groups in total. The fourth-order valence-electron chi connectivity index (χ4n) is 4.07. The summed E-state index contributed by atoms with van der Waals surface area (Å²) in [5.74, 6) is 2.28. The summed E-state index contributed by atoms with van der Waals surface area (Å²) in [7, 11) is 3.28. The Kier molecular flexibility index (Phi) is 4.75. The Bertz CT molecular complexity index is 1110. The number of halogens is 1. The van der Waals surface area contributed by atoms with Gasteiger partial charge in [-0.1, -0.05) is 41.9 Å². The molecule has 0 saturated carbocycles. The molecule has 0 amide bonds. The highest BCUT2D eigenvalue weighted by atomic mass is 35.5. The summed E-state index contributed by atoms with van der Waals surface area (Å²) >= 11 is 6.10. The van der Waals surface area contributed by atoms with E-state index in [-0.39, 0.29) is 12.3 Å². The monoisotopic (exact) mass is 420 g/mol. The second-order valence-corrected chi connectivity index (χ2v) is 7.71. The fourth-order valence-corrected chi connectivity index (χ4v) is 4.20. The first kappa shape index (κ1) is 18.8. The SMILES string of the molecule is COc1ccc(C2=NN3C(C2)c2ccccc2OC3c2ccc(Cl)cc2)cc1OC. The molecule has 2 atom stereocenters. The standard InChI is InChI=1S/C24H21ClN2O3/c1-28-22-12-9-16(13-23(22)29-2)19-14-20-18-5-3-4-6-21(18)30-24(27(20)26-19)15-7-10-17(25)11-8-15/h3-13,20,24H,14H2,1-2H3. The van der Waals surface area contributed by atoms with Gasteiger partial charge in [0.25, 0.3) is 0 Å². The average Bonchev–Trinajstić information content (AvgIpc) is 3.24. The van der Waals surface area contributed by atoms with Crippen LogP contribution in [0.3, 0.4) is 0 Å². The first-order chi connectivity index (χ1) is 14.7. The lowest BCUT2D eigenvalue weighted by molar-refractivity contribution is -0.0190. The van der Waals surface area contributed by atoms with Crippen molar-refractivity contribution >= 4 is 17.3 Å². The third-order valence-corrected chi connectivity index (χ3v) is 5.82. The molecule has 2 aliphatic rings. The largest absolute Gasteiger partial charge is 0.493 e. The number of hydrogen-bond acceptors (Lipinski definition) is 5. The number of hydrazone groups is 1. The minimum Gasteiger partial charge on any atom is -0.493 e. The second-order valence-electron chi connectivity index (χ2n) is 7.28. The molecule has 0 spiro atoms. The Morgan fingerprint density at radius 1 is 0.967 bits per heavy atom. The predicted molar refractivity (Wildman–Crippen MR) is 117 cm³/mol. The van der Waals surface area contributed by atoms with Crippen LogP contribution in [0.1, 0.15) is 35.4 Å². The lowest BCUT2D eigenvalue weighted by Gasteiger charge is -2.38. The maximum atomic E-state index is 6.37. The maximum absolute atomic E-state index is 6.37. The number of rotatable bonds is 4. The molecule has 5 nitrogen and oxygen atoms in total. The van der Waals surface area contributed by atoms with Crippen LogP contribution in [0.5, 0.6) is 17.2 Å². The van der Waals surface area contributed by atoms with Crippen molar-refractivity contribution in [1.82, 2.24) is 5.01 Å². The van der Waals surface area contributed by atoms with Crippen LogP contribution in [0.4, 0.5) is 0 Å². The number of methoxy groups -OCH3 is 2. The summed E-state index contributed by atoms with van der Waals surface area (Å²) in [6, 6.07) is 21.9. The van der Waals surface area contributed by atoms with E-state index in [0.29, 0.717) is 16.5 Å². The summed E-state index contributed by atoms with van der Waals surface area (Å²) < 4.78 is 17.2. The Morgan fingerprint density at radius 3 is 2.50 bits per heavy atom. The van der Waals surface area contributed by atoms with Gasteiger partial charge < -0.3 is 14.2 Å². The Balaban J connectivity index is 1.57. The lowest BCUT2D eigenvalue weighted by atomic mass is 9.96. The summed E-state index contributed by atoms with van der Waals surface area (Å²) in [5.41, 5.74) is 4.15. The molecule has 0 aliphatic carbocycles. The van der Waals surface area contributed by atoms with Crippen LogP contribution in [-0.4, -0.2) is 24.9 Å². The van der Waals surface area contributed by atoms with Gasteiger partial charge in [-0.25, -0.2) is 5.01 Å². The minimum atomic E-state index is -0.320. The first-order valence-corrected chi connectivity index (χ1v) is 10.1. The molecule has 152 valence electrons. The van der Waals surface area contributed by atoms with Gasteiger partial charge in [-0.15, -0.1) is 0 Å². The summed E-state index contributed by atoms with van der Waals surface area (Å²) in [6.07, 6.45) is 0.458. The highest BCUT2D eigenvalue weighted by molar-refractivity contribution is 6.30. The molecule has 3 aromatic carbocycles. The van der Waals surface area contributed by atoms with E-state index in [1.165, 1.54) is 0 Å². The highest BCUT2D eigenvalue weighted by Crippen LogP contribution is 2.47. The third-order valence-electron chi connectivity index (χ3n) is 5.57. The van der Waals surface area contributed by atoms with E-state index >= 15 is 0 Å². The zero-order chi connectivity index (χ0) is 20.7. The van der Waals surface area contributed by atoms with Crippen molar-refractivity contribution in [3.8, 4) is 17.2 Å². The zero-order valence-electron chi connectivity index (χ0n) is 16.7. The number of para-hydroxylation sites is 1. The first-order valence-electron chi connectivity index (χ1n) is 9.77. The highest BCUT2D eigenvalue weighted by Gasteiger charge is 2.40. The molecule has 0 bridgehead atoms. The van der Waals surface area contributed by atoms with E-state index in [4.69, 9.17) is 30.9 Å². The van der Waals surface area contributed by atoms with Gasteiger partial charge in [0.15, 0.2) is 11.5 Å². The molecule has 5 rings (SSSR count). The van der Waals surface area contributed by atoms with Crippen molar-refractivity contribution in [1.29, 1.82) is 0 Å². The van der Waals surface area contributed by atoms with Crippen molar-refractivity contribution < 1.29 is 14.2 Å². The molecular weight excluding hydrogens is 400 g/mol. The van der Waals surface area contributed by atoms with Gasteiger partial charge in [0.2, 0.25) is 6.23 Å². The van der Waals surface area contributed by atoms with E-state index in [1.807, 2.05) is 60.7 Å². The zero-order valence-corrected chi connectivity index (χ0v) is 17.5. The van der Waals surface area contributed by atoms with Gasteiger partial charge in [-0.2, -0.15) is 5.10 Å². The number of ether oxygens (including phenoxy) is 3. The van der Waals surface area contributed by atoms with Gasteiger partial charge >= 0.3 is 0 Å². The van der Waals surface area contributed by atoms with Gasteiger partial charge in [0, 0.05) is 28.1 Å². The number of benzene rings is 3. The Hall–Kier alpha value is -3.18. The summed E-state index contributed by atoms with van der Waals surface area (Å²) in [5, 5.41) is 7.74. The van der Waals surface area contributed by atoms with Gasteiger partial charge in [0.05, 0.1) is 26.0 Å². The number of nitrogens with zero attached hydrogens (tertiary/aromatic N) is 2. The van der Waals surface area contributed by atoms with Crippen LogP contribution in [0.15, 0.2) is 71.8 Å². The quantitative estimate of drug-likeness (QED) is 0.551. The van der Waals surface area contributed by atoms with Gasteiger partial charge in [-0.05, 0) is 36.4 Å². The van der Waals surface area contributed by atoms with Gasteiger partial charge in [0.1, 0.15) is 5.75 Å². The van der Waals surface area contributed by atoms with Crippen molar-refractivity contribution in [3.05, 3.63) is 88.4 Å². The van der Waals surface area contributed by atoms with E-state index in [0.717, 1.165) is 34.6 Å². The Morgan fingerprint density at radius 2 is 1.73 bits per heavy atom. The van der Waals surface area contributed by atoms with Crippen LogP contribution in [-0.2, 0) is 0 Å². The molecule has 0 radical (unpaired) electrons. The van der Waals surface area contributed by atoms with Crippen LogP contribution in [0.2, 0.25) is 5.02 Å². The van der Waals surface area contributed by atoms with E-state index in [2.05, 4.69) is 11.1 Å². The molecule has 3 aromatic rings. The summed E-state index contributed by atoms with van der Waals surface area (Å²) in [4.78, 5) is 0. The molecule has 2 aliphatic heterocycles. The van der Waals surface area contributed by atoms with Crippen LogP contribution >= 0.6 is 11.6 Å². The van der Waals surface area contributed by atoms with Crippen molar-refractivity contribution in [2.45, 2.75) is 18.7 Å². The van der Waals surface area contributed by atoms with E-state index < -0.39 is 0 Å². The van der Waals surface area contributed by atoms with Crippen molar-refractivity contribution in [3.63, 3.8) is 0 Å². The predicted octanol–water partition coefficient (Wildman–Crippen LogP) is 5.60. The normalized spacial score (nSPS) is 19.4. The molecule has 6 heteroatoms. The van der Waals surface area contributed by atoms with Gasteiger partial charge in [-0.3, -0.25) is 0 Å². The summed E-state index contributed by atoms with van der Waals surface area (Å²) in [6.45, 7) is 0. The molecule has 0 fully saturated rings. The van der Waals surface area contributed by atoms with Crippen molar-refractivity contribution in [2.75, 3.05) is 14.2 Å². The molecule has 2 heterocycles. The number of fused-ring (bicyclic) bond motifs is 3. The molecule has 0 aromatic heterocycles. The minimum absolute atomic E-state index is 0.0960. The second kappa shape index (κ2) is 7.58. The molecular formula is C24H21ClN2O3. The maximum Gasteiger partial charge on any atom is 0.213 e. The van der Waals surface area contributed by atoms with E-state index in [1.54, 1.807) is 14.2 Å². The van der Waals surface area contributed by atoms with E-state index in [9.17, 15) is 0 Å². The third kappa shape index (κ3) is 3.15. The molecule has 2 unspecified atom stereocenters. The fraction of sp³-hybridized carbons (Fsp3) is 0.208. The smallest absolute Gasteiger partial charge is 0.213 e. The topological polar surface area (TPSA) is 43.3 Å². The van der Waals surface area contributed by atoms with Crippen LogP contribution in [0.25, 0.3) is 0 Å². The Labute approximate surface area is 180 Å². The molecule has 0 saturated heterocycles. The average molecular weight is 421 g/mol.